The molecule has 0 aliphatic heterocycles. The van der Waals surface area contributed by atoms with Crippen molar-refractivity contribution in [1.29, 1.82) is 0 Å². The first-order chi connectivity index (χ1) is 4.09. The maximum atomic E-state index is 10.9. The fourth-order valence-electron chi connectivity index (χ4n) is 0.537. The van der Waals surface area contributed by atoms with Gasteiger partial charge < -0.3 is 4.90 Å². The molecule has 0 aliphatic carbocycles. The van der Waals surface area contributed by atoms with E-state index in [0.29, 0.717) is 13.3 Å². The van der Waals surface area contributed by atoms with E-state index in [1.165, 1.54) is 0 Å². The Morgan fingerprint density at radius 2 is 2.00 bits per heavy atom. The van der Waals surface area contributed by atoms with Crippen molar-refractivity contribution in [2.45, 2.75) is 26.7 Å². The predicted octanol–water partition coefficient (Wildman–Crippen LogP) is 0.931. The van der Waals surface area contributed by atoms with Crippen molar-refractivity contribution in [2.75, 3.05) is 7.05 Å². The van der Waals surface area contributed by atoms with Crippen LogP contribution in [0.1, 0.15) is 13.8 Å². The summed E-state index contributed by atoms with van der Waals surface area (Å²) >= 11 is 0. The summed E-state index contributed by atoms with van der Waals surface area (Å²) in [5, 5.41) is 0. The number of nitrogens with zero attached hydrogens (tertiary/aromatic N) is 1. The summed E-state index contributed by atoms with van der Waals surface area (Å²) in [7, 11) is 2.44. The molecule has 0 unspecified atom stereocenters. The molecule has 2 nitrogen and oxygen atoms in total. The maximum absolute atomic E-state index is 10.9. The first-order valence-corrected chi connectivity index (χ1v) is 3.35. The minimum atomic E-state index is 0.213. The molecular formula is C6H14BNO. The maximum Gasteiger partial charge on any atom is 0.230 e. The molecule has 0 spiro atoms. The molecule has 3 heteroatoms. The molecule has 0 bridgehead atoms. The van der Waals surface area contributed by atoms with Crippen LogP contribution >= 0.6 is 0 Å². The van der Waals surface area contributed by atoms with E-state index in [9.17, 15) is 4.79 Å². The number of rotatable bonds is 2. The summed E-state index contributed by atoms with van der Waals surface area (Å²) in [6, 6.07) is 0.331. The molecule has 1 amide bonds. The number of hydrogen-bond donors (Lipinski definition) is 0. The molecule has 0 aromatic heterocycles. The van der Waals surface area contributed by atoms with Crippen LogP contribution in [-0.2, 0) is 0 Å². The van der Waals surface area contributed by atoms with E-state index in [1.807, 2.05) is 27.7 Å². The van der Waals surface area contributed by atoms with Crippen LogP contribution in [0.25, 0.3) is 0 Å². The molecule has 0 rings (SSSR count). The van der Waals surface area contributed by atoms with Gasteiger partial charge in [0.1, 0.15) is 0 Å². The standard InChI is InChI=1S/C6H14BNO/c1-5(2)8(4)6(9)7-3/h5,7H,1-4H3. The first kappa shape index (κ1) is 8.53. The third-order valence-electron chi connectivity index (χ3n) is 1.47. The zero-order valence-corrected chi connectivity index (χ0v) is 6.64. The Hall–Kier alpha value is -0.465. The van der Waals surface area contributed by atoms with Crippen molar-refractivity contribution in [1.82, 2.24) is 4.90 Å². The van der Waals surface area contributed by atoms with Crippen LogP contribution < -0.4 is 0 Å². The number of amides is 1. The molecule has 0 N–H and O–H groups in total. The van der Waals surface area contributed by atoms with E-state index in [-0.39, 0.29) is 5.81 Å². The fraction of sp³-hybridized carbons (Fsp3) is 0.833. The average molecular weight is 127 g/mol. The van der Waals surface area contributed by atoms with E-state index in [1.54, 1.807) is 4.90 Å². The van der Waals surface area contributed by atoms with Crippen LogP contribution in [0, 0.1) is 0 Å². The molecule has 9 heavy (non-hydrogen) atoms. The van der Waals surface area contributed by atoms with Crippen LogP contribution in [-0.4, -0.2) is 31.1 Å². The molecule has 0 atom stereocenters. The van der Waals surface area contributed by atoms with E-state index >= 15 is 0 Å². The molecular weight excluding hydrogens is 113 g/mol. The van der Waals surface area contributed by atoms with Gasteiger partial charge in [-0.3, -0.25) is 4.79 Å². The third-order valence-corrected chi connectivity index (χ3v) is 1.47. The molecule has 0 aliphatic rings. The Kier molecular flexibility index (Phi) is 3.36. The molecule has 0 aromatic carbocycles. The normalized spacial score (nSPS) is 9.44. The average Bonchev–Trinajstić information content (AvgIpc) is 1.84. The second-order valence-corrected chi connectivity index (χ2v) is 2.45. The van der Waals surface area contributed by atoms with E-state index in [4.69, 9.17) is 0 Å². The molecule has 0 fully saturated rings. The van der Waals surface area contributed by atoms with Gasteiger partial charge in [0.05, 0.1) is 0 Å². The van der Waals surface area contributed by atoms with Gasteiger partial charge in [0.2, 0.25) is 7.28 Å². The summed E-state index contributed by atoms with van der Waals surface area (Å²) in [5.74, 6) is 0.213. The van der Waals surface area contributed by atoms with Crippen LogP contribution in [0.2, 0.25) is 6.82 Å². The minimum absolute atomic E-state index is 0.213. The lowest BCUT2D eigenvalue weighted by Gasteiger charge is -2.20. The quantitative estimate of drug-likeness (QED) is 0.505. The van der Waals surface area contributed by atoms with Crippen molar-refractivity contribution in [3.63, 3.8) is 0 Å². The van der Waals surface area contributed by atoms with E-state index in [2.05, 4.69) is 0 Å². The highest BCUT2D eigenvalue weighted by molar-refractivity contribution is 6.72. The molecule has 0 radical (unpaired) electrons. The Labute approximate surface area is 57.5 Å². The smallest absolute Gasteiger partial charge is 0.230 e. The highest BCUT2D eigenvalue weighted by Crippen LogP contribution is 1.93. The van der Waals surface area contributed by atoms with Crippen molar-refractivity contribution >= 4 is 13.1 Å². The van der Waals surface area contributed by atoms with Crippen LogP contribution in [0.15, 0.2) is 0 Å². The van der Waals surface area contributed by atoms with Crippen molar-refractivity contribution in [2.24, 2.45) is 0 Å². The Morgan fingerprint density at radius 1 is 1.56 bits per heavy atom. The van der Waals surface area contributed by atoms with Gasteiger partial charge in [-0.25, -0.2) is 0 Å². The zero-order valence-electron chi connectivity index (χ0n) is 6.64. The summed E-state index contributed by atoms with van der Waals surface area (Å²) in [6.45, 7) is 5.89. The largest absolute Gasteiger partial charge is 0.352 e. The highest BCUT2D eigenvalue weighted by Gasteiger charge is 2.08. The van der Waals surface area contributed by atoms with Crippen LogP contribution in [0.3, 0.4) is 0 Å². The van der Waals surface area contributed by atoms with Crippen LogP contribution in [0.4, 0.5) is 4.79 Å². The lowest BCUT2D eigenvalue weighted by Crippen LogP contribution is -2.34. The van der Waals surface area contributed by atoms with Gasteiger partial charge in [-0.15, -0.1) is 0 Å². The predicted molar refractivity (Wildman–Crippen MR) is 41.3 cm³/mol. The van der Waals surface area contributed by atoms with Gasteiger partial charge in [0.25, 0.3) is 0 Å². The van der Waals surface area contributed by atoms with Gasteiger partial charge in [-0.1, -0.05) is 6.82 Å². The second-order valence-electron chi connectivity index (χ2n) is 2.45. The lowest BCUT2D eigenvalue weighted by atomic mass is 9.80. The highest BCUT2D eigenvalue weighted by atomic mass is 16.1. The summed E-state index contributed by atoms with van der Waals surface area (Å²) in [4.78, 5) is 12.6. The molecule has 0 saturated heterocycles. The molecule has 0 heterocycles. The Morgan fingerprint density at radius 3 is 2.11 bits per heavy atom. The van der Waals surface area contributed by atoms with Crippen LogP contribution in [0.5, 0.6) is 0 Å². The number of hydrogen-bond acceptors (Lipinski definition) is 1. The second kappa shape index (κ2) is 3.54. The third kappa shape index (κ3) is 2.54. The van der Waals surface area contributed by atoms with Gasteiger partial charge in [0.15, 0.2) is 5.81 Å². The summed E-state index contributed by atoms with van der Waals surface area (Å²) in [6.07, 6.45) is 0. The van der Waals surface area contributed by atoms with Gasteiger partial charge in [-0.2, -0.15) is 0 Å². The molecule has 52 valence electrons. The lowest BCUT2D eigenvalue weighted by molar-refractivity contribution is 0.221. The fourth-order valence-corrected chi connectivity index (χ4v) is 0.537. The number of carbonyl (C=O) groups is 1. The van der Waals surface area contributed by atoms with E-state index < -0.39 is 0 Å². The summed E-state index contributed by atoms with van der Waals surface area (Å²) in [5.41, 5.74) is 0. The van der Waals surface area contributed by atoms with Gasteiger partial charge >= 0.3 is 0 Å². The Bertz CT molecular complexity index is 103. The van der Waals surface area contributed by atoms with Crippen molar-refractivity contribution in [3.8, 4) is 0 Å². The van der Waals surface area contributed by atoms with Gasteiger partial charge in [0, 0.05) is 13.1 Å². The first-order valence-electron chi connectivity index (χ1n) is 3.35. The Balaban J connectivity index is 3.72. The molecule has 0 aromatic rings. The SMILES string of the molecule is CBC(=O)N(C)C(C)C. The molecule has 0 saturated carbocycles. The van der Waals surface area contributed by atoms with Gasteiger partial charge in [-0.05, 0) is 13.8 Å². The minimum Gasteiger partial charge on any atom is -0.352 e. The topological polar surface area (TPSA) is 20.3 Å². The monoisotopic (exact) mass is 127 g/mol. The summed E-state index contributed by atoms with van der Waals surface area (Å²) < 4.78 is 0. The van der Waals surface area contributed by atoms with E-state index in [0.717, 1.165) is 0 Å². The van der Waals surface area contributed by atoms with Crippen molar-refractivity contribution in [3.05, 3.63) is 0 Å². The zero-order chi connectivity index (χ0) is 7.44. The van der Waals surface area contributed by atoms with Crippen molar-refractivity contribution < 1.29 is 4.79 Å². The number of carbonyl (C=O) groups excluding carboxylic acids is 1.